The number of nitrogens with zero attached hydrogens (tertiary/aromatic N) is 2. The highest BCUT2D eigenvalue weighted by Crippen LogP contribution is 2.18. The molecule has 1 rings (SSSR count). The van der Waals surface area contributed by atoms with Gasteiger partial charge in [-0.25, -0.2) is 0 Å². The summed E-state index contributed by atoms with van der Waals surface area (Å²) in [6.45, 7) is 17.7. The zero-order valence-corrected chi connectivity index (χ0v) is 11.3. The Bertz CT molecular complexity index is 177. The Hall–Kier alpha value is -0.0800. The minimum atomic E-state index is 0.691. The standard InChI is InChI=1S/C13H28N2/c1-10(2)7-15-12(5)8-14(11(3)4)9-13(15)6/h10-13H,7-9H2,1-6H3/t12-,13-/m1/s1. The van der Waals surface area contributed by atoms with Crippen LogP contribution in [0.4, 0.5) is 0 Å². The lowest BCUT2D eigenvalue weighted by molar-refractivity contribution is 0.0168. The van der Waals surface area contributed by atoms with E-state index in [1.165, 1.54) is 19.6 Å². The summed E-state index contributed by atoms with van der Waals surface area (Å²) in [7, 11) is 0. The Morgan fingerprint density at radius 1 is 1.00 bits per heavy atom. The molecule has 15 heavy (non-hydrogen) atoms. The van der Waals surface area contributed by atoms with Crippen LogP contribution in [0.2, 0.25) is 0 Å². The summed E-state index contributed by atoms with van der Waals surface area (Å²) in [6, 6.07) is 2.10. The van der Waals surface area contributed by atoms with Gasteiger partial charge in [0.1, 0.15) is 0 Å². The Balaban J connectivity index is 2.56. The minimum Gasteiger partial charge on any atom is -0.298 e. The summed E-state index contributed by atoms with van der Waals surface area (Å²) in [5.74, 6) is 0.778. The second-order valence-corrected chi connectivity index (χ2v) is 5.84. The van der Waals surface area contributed by atoms with E-state index in [0.29, 0.717) is 18.1 Å². The molecule has 2 atom stereocenters. The fourth-order valence-electron chi connectivity index (χ4n) is 2.60. The number of hydrogen-bond acceptors (Lipinski definition) is 2. The lowest BCUT2D eigenvalue weighted by Gasteiger charge is -2.46. The van der Waals surface area contributed by atoms with Gasteiger partial charge in [0, 0.05) is 37.8 Å². The molecule has 90 valence electrons. The van der Waals surface area contributed by atoms with Crippen LogP contribution in [0.15, 0.2) is 0 Å². The second-order valence-electron chi connectivity index (χ2n) is 5.84. The topological polar surface area (TPSA) is 6.48 Å². The first-order chi connectivity index (χ1) is 6.91. The Morgan fingerprint density at radius 2 is 1.47 bits per heavy atom. The molecule has 1 heterocycles. The largest absolute Gasteiger partial charge is 0.298 e. The quantitative estimate of drug-likeness (QED) is 0.709. The van der Waals surface area contributed by atoms with Crippen molar-refractivity contribution in [1.82, 2.24) is 9.80 Å². The van der Waals surface area contributed by atoms with Crippen molar-refractivity contribution in [3.05, 3.63) is 0 Å². The molecule has 0 amide bonds. The average molecular weight is 212 g/mol. The lowest BCUT2D eigenvalue weighted by atomic mass is 10.0. The maximum atomic E-state index is 2.67. The molecule has 0 unspecified atom stereocenters. The number of piperazine rings is 1. The fourth-order valence-corrected chi connectivity index (χ4v) is 2.60. The zero-order chi connectivity index (χ0) is 11.6. The van der Waals surface area contributed by atoms with E-state index in [-0.39, 0.29) is 0 Å². The van der Waals surface area contributed by atoms with Crippen molar-refractivity contribution in [2.75, 3.05) is 19.6 Å². The van der Waals surface area contributed by atoms with E-state index in [1.54, 1.807) is 0 Å². The summed E-state index contributed by atoms with van der Waals surface area (Å²) in [5.41, 5.74) is 0. The molecule has 2 nitrogen and oxygen atoms in total. The van der Waals surface area contributed by atoms with Crippen LogP contribution in [0, 0.1) is 5.92 Å². The first-order valence-electron chi connectivity index (χ1n) is 6.41. The van der Waals surface area contributed by atoms with Crippen LogP contribution in [-0.2, 0) is 0 Å². The first kappa shape index (κ1) is 13.0. The van der Waals surface area contributed by atoms with E-state index in [4.69, 9.17) is 0 Å². The van der Waals surface area contributed by atoms with E-state index >= 15 is 0 Å². The molecule has 1 fully saturated rings. The lowest BCUT2D eigenvalue weighted by Crippen LogP contribution is -2.58. The molecule has 0 aromatic rings. The summed E-state index contributed by atoms with van der Waals surface area (Å²) >= 11 is 0. The maximum absolute atomic E-state index is 2.67. The van der Waals surface area contributed by atoms with Gasteiger partial charge in [0.15, 0.2) is 0 Å². The van der Waals surface area contributed by atoms with Gasteiger partial charge >= 0.3 is 0 Å². The smallest absolute Gasteiger partial charge is 0.0198 e. The molecule has 0 aromatic carbocycles. The third-order valence-electron chi connectivity index (χ3n) is 3.44. The van der Waals surface area contributed by atoms with E-state index in [9.17, 15) is 0 Å². The molecule has 0 spiro atoms. The van der Waals surface area contributed by atoms with Gasteiger partial charge in [-0.05, 0) is 33.6 Å². The van der Waals surface area contributed by atoms with Crippen LogP contribution in [0.5, 0.6) is 0 Å². The van der Waals surface area contributed by atoms with Gasteiger partial charge in [-0.2, -0.15) is 0 Å². The van der Waals surface area contributed by atoms with Crippen molar-refractivity contribution < 1.29 is 0 Å². The van der Waals surface area contributed by atoms with Gasteiger partial charge in [0.05, 0.1) is 0 Å². The third-order valence-corrected chi connectivity index (χ3v) is 3.44. The van der Waals surface area contributed by atoms with E-state index in [1.807, 2.05) is 0 Å². The highest BCUT2D eigenvalue weighted by atomic mass is 15.3. The molecule has 0 N–H and O–H groups in total. The average Bonchev–Trinajstić information content (AvgIpc) is 2.10. The molecule has 1 saturated heterocycles. The summed E-state index contributed by atoms with van der Waals surface area (Å²) in [5, 5.41) is 0. The summed E-state index contributed by atoms with van der Waals surface area (Å²) in [6.07, 6.45) is 0. The van der Waals surface area contributed by atoms with Gasteiger partial charge in [-0.15, -0.1) is 0 Å². The van der Waals surface area contributed by atoms with Gasteiger partial charge < -0.3 is 0 Å². The molecule has 0 aromatic heterocycles. The molecule has 0 radical (unpaired) electrons. The molecule has 0 saturated carbocycles. The van der Waals surface area contributed by atoms with Crippen molar-refractivity contribution >= 4 is 0 Å². The summed E-state index contributed by atoms with van der Waals surface area (Å²) in [4.78, 5) is 5.27. The normalized spacial score (nSPS) is 30.4. The summed E-state index contributed by atoms with van der Waals surface area (Å²) < 4.78 is 0. The van der Waals surface area contributed by atoms with Gasteiger partial charge in [0.25, 0.3) is 0 Å². The predicted molar refractivity (Wildman–Crippen MR) is 67.2 cm³/mol. The third kappa shape index (κ3) is 3.46. The SMILES string of the molecule is CC(C)CN1[C@H](C)CN(C(C)C)C[C@H]1C. The van der Waals surface area contributed by atoms with E-state index < -0.39 is 0 Å². The molecule has 2 heteroatoms. The fraction of sp³-hybridized carbons (Fsp3) is 1.00. The highest BCUT2D eigenvalue weighted by molar-refractivity contribution is 4.86. The minimum absolute atomic E-state index is 0.691. The maximum Gasteiger partial charge on any atom is 0.0198 e. The van der Waals surface area contributed by atoms with Gasteiger partial charge in [-0.1, -0.05) is 13.8 Å². The molecule has 1 aliphatic heterocycles. The predicted octanol–water partition coefficient (Wildman–Crippen LogP) is 2.45. The van der Waals surface area contributed by atoms with Crippen molar-refractivity contribution in [3.63, 3.8) is 0 Å². The van der Waals surface area contributed by atoms with Crippen LogP contribution in [-0.4, -0.2) is 47.6 Å². The van der Waals surface area contributed by atoms with Gasteiger partial charge in [0.2, 0.25) is 0 Å². The van der Waals surface area contributed by atoms with Crippen LogP contribution in [0.25, 0.3) is 0 Å². The number of hydrogen-bond donors (Lipinski definition) is 0. The van der Waals surface area contributed by atoms with Crippen molar-refractivity contribution in [2.45, 2.75) is 59.7 Å². The Kier molecular flexibility index (Phi) is 4.60. The van der Waals surface area contributed by atoms with E-state index in [0.717, 1.165) is 5.92 Å². The highest BCUT2D eigenvalue weighted by Gasteiger charge is 2.30. The zero-order valence-electron chi connectivity index (χ0n) is 11.3. The first-order valence-corrected chi connectivity index (χ1v) is 6.41. The molecule has 1 aliphatic rings. The molecule has 0 bridgehead atoms. The van der Waals surface area contributed by atoms with Crippen LogP contribution in [0.1, 0.15) is 41.5 Å². The molecule has 0 aliphatic carbocycles. The van der Waals surface area contributed by atoms with Gasteiger partial charge in [-0.3, -0.25) is 9.80 Å². The molecular formula is C13H28N2. The Morgan fingerprint density at radius 3 is 1.80 bits per heavy atom. The van der Waals surface area contributed by atoms with Crippen LogP contribution in [0.3, 0.4) is 0 Å². The van der Waals surface area contributed by atoms with E-state index in [2.05, 4.69) is 51.3 Å². The Labute approximate surface area is 95.6 Å². The van der Waals surface area contributed by atoms with Crippen molar-refractivity contribution in [1.29, 1.82) is 0 Å². The number of rotatable bonds is 3. The second kappa shape index (κ2) is 5.31. The van der Waals surface area contributed by atoms with Crippen LogP contribution < -0.4 is 0 Å². The van der Waals surface area contributed by atoms with Crippen molar-refractivity contribution in [3.8, 4) is 0 Å². The van der Waals surface area contributed by atoms with Crippen molar-refractivity contribution in [2.24, 2.45) is 5.92 Å². The monoisotopic (exact) mass is 212 g/mol. The van der Waals surface area contributed by atoms with Crippen LogP contribution >= 0.6 is 0 Å². The molecular weight excluding hydrogens is 184 g/mol.